The normalized spacial score (nSPS) is 28.1. The van der Waals surface area contributed by atoms with Gasteiger partial charge in [-0.15, -0.1) is 0 Å². The van der Waals surface area contributed by atoms with Gasteiger partial charge >= 0.3 is 0 Å². The first kappa shape index (κ1) is 9.23. The predicted molar refractivity (Wildman–Crippen MR) is 47.4 cm³/mol. The first-order valence-corrected chi connectivity index (χ1v) is 4.39. The molecule has 0 aliphatic carbocycles. The number of nitrogens with zero attached hydrogens (tertiary/aromatic N) is 1. The molecule has 0 saturated carbocycles. The van der Waals surface area contributed by atoms with Crippen molar-refractivity contribution in [3.8, 4) is 0 Å². The Morgan fingerprint density at radius 3 is 2.75 bits per heavy atom. The van der Waals surface area contributed by atoms with Crippen molar-refractivity contribution < 1.29 is 9.53 Å². The van der Waals surface area contributed by atoms with Gasteiger partial charge in [0.2, 0.25) is 0 Å². The molecule has 1 heterocycles. The Bertz CT molecular complexity index is 211. The fourth-order valence-corrected chi connectivity index (χ4v) is 1.33. The second-order valence-corrected chi connectivity index (χ2v) is 3.16. The molecule has 3 nitrogen and oxygen atoms in total. The van der Waals surface area contributed by atoms with Gasteiger partial charge in [0, 0.05) is 6.42 Å². The SMILES string of the molecule is CCCC1=N[C@@H](C)[C@@H](C(C)=O)O1. The maximum Gasteiger partial charge on any atom is 0.184 e. The molecule has 2 atom stereocenters. The highest BCUT2D eigenvalue weighted by atomic mass is 16.5. The summed E-state index contributed by atoms with van der Waals surface area (Å²) in [4.78, 5) is 15.3. The van der Waals surface area contributed by atoms with Crippen LogP contribution < -0.4 is 0 Å². The molecule has 0 aromatic rings. The van der Waals surface area contributed by atoms with Crippen molar-refractivity contribution in [2.45, 2.75) is 45.8 Å². The van der Waals surface area contributed by atoms with Gasteiger partial charge in [-0.2, -0.15) is 0 Å². The van der Waals surface area contributed by atoms with Gasteiger partial charge in [0.1, 0.15) is 0 Å². The van der Waals surface area contributed by atoms with Crippen LogP contribution in [0.1, 0.15) is 33.6 Å². The van der Waals surface area contributed by atoms with Crippen LogP contribution in [0.15, 0.2) is 4.99 Å². The molecule has 0 aromatic carbocycles. The average molecular weight is 169 g/mol. The average Bonchev–Trinajstić information content (AvgIpc) is 2.32. The van der Waals surface area contributed by atoms with E-state index in [1.54, 1.807) is 6.92 Å². The zero-order chi connectivity index (χ0) is 9.14. The smallest absolute Gasteiger partial charge is 0.184 e. The molecule has 0 amide bonds. The fourth-order valence-electron chi connectivity index (χ4n) is 1.33. The molecule has 0 fully saturated rings. The summed E-state index contributed by atoms with van der Waals surface area (Å²) in [5, 5.41) is 0. The quantitative estimate of drug-likeness (QED) is 0.643. The van der Waals surface area contributed by atoms with Gasteiger partial charge in [0.05, 0.1) is 6.04 Å². The number of carbonyl (C=O) groups is 1. The van der Waals surface area contributed by atoms with Crippen LogP contribution in [0.2, 0.25) is 0 Å². The van der Waals surface area contributed by atoms with Gasteiger partial charge in [-0.05, 0) is 20.3 Å². The molecule has 0 radical (unpaired) electrons. The topological polar surface area (TPSA) is 38.7 Å². The highest BCUT2D eigenvalue weighted by Crippen LogP contribution is 2.16. The van der Waals surface area contributed by atoms with Crippen LogP contribution in [-0.2, 0) is 9.53 Å². The van der Waals surface area contributed by atoms with E-state index < -0.39 is 0 Å². The van der Waals surface area contributed by atoms with Crippen molar-refractivity contribution in [2.75, 3.05) is 0 Å². The molecule has 0 N–H and O–H groups in total. The Hall–Kier alpha value is -0.860. The van der Waals surface area contributed by atoms with Crippen LogP contribution in [0.5, 0.6) is 0 Å². The molecule has 1 rings (SSSR count). The Morgan fingerprint density at radius 2 is 2.33 bits per heavy atom. The maximum absolute atomic E-state index is 11.0. The second-order valence-electron chi connectivity index (χ2n) is 3.16. The van der Waals surface area contributed by atoms with E-state index in [1.165, 1.54) is 0 Å². The monoisotopic (exact) mass is 169 g/mol. The molecule has 3 heteroatoms. The van der Waals surface area contributed by atoms with Crippen molar-refractivity contribution in [1.82, 2.24) is 0 Å². The van der Waals surface area contributed by atoms with E-state index in [0.29, 0.717) is 0 Å². The minimum absolute atomic E-state index is 0.00375. The third-order valence-electron chi connectivity index (χ3n) is 1.91. The molecule has 0 saturated heterocycles. The van der Waals surface area contributed by atoms with Crippen LogP contribution in [0, 0.1) is 0 Å². The van der Waals surface area contributed by atoms with Gasteiger partial charge in [0.15, 0.2) is 17.8 Å². The lowest BCUT2D eigenvalue weighted by molar-refractivity contribution is -0.124. The first-order chi connectivity index (χ1) is 5.65. The fraction of sp³-hybridized carbons (Fsp3) is 0.778. The van der Waals surface area contributed by atoms with Crippen molar-refractivity contribution >= 4 is 11.7 Å². The Balaban J connectivity index is 2.54. The Kier molecular flexibility index (Phi) is 2.84. The summed E-state index contributed by atoms with van der Waals surface area (Å²) in [7, 11) is 0. The standard InChI is InChI=1S/C9H15NO2/c1-4-5-8-10-6(2)9(12-8)7(3)11/h6,9H,4-5H2,1-3H3/t6-,9-/m0/s1. The predicted octanol–water partition coefficient (Wildman–Crippen LogP) is 1.56. The van der Waals surface area contributed by atoms with Gasteiger partial charge in [-0.25, -0.2) is 4.99 Å². The minimum Gasteiger partial charge on any atom is -0.468 e. The number of ether oxygens (including phenoxy) is 1. The lowest BCUT2D eigenvalue weighted by Crippen LogP contribution is -2.27. The summed E-state index contributed by atoms with van der Waals surface area (Å²) in [5.74, 6) is 0.808. The summed E-state index contributed by atoms with van der Waals surface area (Å²) in [6.07, 6.45) is 1.52. The summed E-state index contributed by atoms with van der Waals surface area (Å²) in [6.45, 7) is 5.53. The van der Waals surface area contributed by atoms with Crippen LogP contribution in [-0.4, -0.2) is 23.8 Å². The number of carbonyl (C=O) groups excluding carboxylic acids is 1. The molecule has 0 aromatic heterocycles. The van der Waals surface area contributed by atoms with E-state index >= 15 is 0 Å². The summed E-state index contributed by atoms with van der Waals surface area (Å²) >= 11 is 0. The highest BCUT2D eigenvalue weighted by Gasteiger charge is 2.30. The van der Waals surface area contributed by atoms with Gasteiger partial charge in [-0.1, -0.05) is 6.92 Å². The van der Waals surface area contributed by atoms with Gasteiger partial charge in [0.25, 0.3) is 0 Å². The molecule has 68 valence electrons. The van der Waals surface area contributed by atoms with Crippen molar-refractivity contribution in [3.05, 3.63) is 0 Å². The number of aliphatic imine (C=N–C) groups is 1. The lowest BCUT2D eigenvalue weighted by Gasteiger charge is -2.09. The highest BCUT2D eigenvalue weighted by molar-refractivity contribution is 5.88. The number of ketones is 1. The molecule has 12 heavy (non-hydrogen) atoms. The summed E-state index contributed by atoms with van der Waals surface area (Å²) in [6, 6.07) is 0.00375. The number of rotatable bonds is 3. The first-order valence-electron chi connectivity index (χ1n) is 4.39. The third-order valence-corrected chi connectivity index (χ3v) is 1.91. The zero-order valence-corrected chi connectivity index (χ0v) is 7.83. The molecule has 0 bridgehead atoms. The van der Waals surface area contributed by atoms with E-state index in [9.17, 15) is 4.79 Å². The van der Waals surface area contributed by atoms with E-state index in [1.807, 2.05) is 6.92 Å². The molecule has 0 spiro atoms. The number of Topliss-reactive ketones (excluding diaryl/α,β-unsaturated/α-hetero) is 1. The third kappa shape index (κ3) is 1.84. The number of hydrogen-bond acceptors (Lipinski definition) is 3. The van der Waals surface area contributed by atoms with E-state index in [4.69, 9.17) is 4.74 Å². The largest absolute Gasteiger partial charge is 0.468 e. The summed E-state index contributed by atoms with van der Waals surface area (Å²) in [5.41, 5.74) is 0. The van der Waals surface area contributed by atoms with Gasteiger partial charge < -0.3 is 4.74 Å². The molecular formula is C9H15NO2. The van der Waals surface area contributed by atoms with E-state index in [2.05, 4.69) is 11.9 Å². The summed E-state index contributed by atoms with van der Waals surface area (Å²) < 4.78 is 5.38. The van der Waals surface area contributed by atoms with Gasteiger partial charge in [-0.3, -0.25) is 4.79 Å². The van der Waals surface area contributed by atoms with Crippen LogP contribution >= 0.6 is 0 Å². The van der Waals surface area contributed by atoms with Crippen LogP contribution in [0.4, 0.5) is 0 Å². The van der Waals surface area contributed by atoms with Crippen molar-refractivity contribution in [2.24, 2.45) is 4.99 Å². The van der Waals surface area contributed by atoms with Crippen molar-refractivity contribution in [3.63, 3.8) is 0 Å². The van der Waals surface area contributed by atoms with E-state index in [-0.39, 0.29) is 17.9 Å². The molecule has 1 aliphatic rings. The second kappa shape index (κ2) is 3.70. The van der Waals surface area contributed by atoms with Crippen molar-refractivity contribution in [1.29, 1.82) is 0 Å². The van der Waals surface area contributed by atoms with Crippen LogP contribution in [0.3, 0.4) is 0 Å². The Labute approximate surface area is 72.8 Å². The van der Waals surface area contributed by atoms with Crippen LogP contribution in [0.25, 0.3) is 0 Å². The molecular weight excluding hydrogens is 154 g/mol. The zero-order valence-electron chi connectivity index (χ0n) is 7.83. The minimum atomic E-state index is -0.327. The number of hydrogen-bond donors (Lipinski definition) is 0. The maximum atomic E-state index is 11.0. The Morgan fingerprint density at radius 1 is 1.67 bits per heavy atom. The lowest BCUT2D eigenvalue weighted by atomic mass is 10.1. The molecule has 1 aliphatic heterocycles. The van der Waals surface area contributed by atoms with E-state index in [0.717, 1.165) is 18.7 Å². The molecule has 0 unspecified atom stereocenters.